The molecule has 52 valence electrons. The Hall–Kier alpha value is -0.983. The molecule has 0 aliphatic heterocycles. The minimum Gasteiger partial charge on any atom is -0.545 e. The van der Waals surface area contributed by atoms with Crippen LogP contribution in [0.4, 0.5) is 0 Å². The zero-order valence-corrected chi connectivity index (χ0v) is 5.96. The summed E-state index contributed by atoms with van der Waals surface area (Å²) in [5.41, 5.74) is -0.357. The van der Waals surface area contributed by atoms with Gasteiger partial charge in [0.25, 0.3) is 0 Å². The van der Waals surface area contributed by atoms with Crippen molar-refractivity contribution in [3.05, 3.63) is 34.2 Å². The summed E-state index contributed by atoms with van der Waals surface area (Å²) in [5, 5.41) is 10.1. The first-order chi connectivity index (χ1) is 4.70. The van der Waals surface area contributed by atoms with Crippen LogP contribution in [0, 0.1) is 0 Å². The quantitative estimate of drug-likeness (QED) is 0.406. The summed E-state index contributed by atoms with van der Waals surface area (Å²) in [4.78, 5) is 22.7. The van der Waals surface area contributed by atoms with Crippen LogP contribution in [0.25, 0.3) is 0 Å². The summed E-state index contributed by atoms with van der Waals surface area (Å²) in [7, 11) is 0. The van der Waals surface area contributed by atoms with Crippen LogP contribution in [0.3, 0.4) is 0 Å². The number of carbonyl (C=O) groups excluding carboxylic acids is 1. The fourth-order valence-electron chi connectivity index (χ4n) is 0.538. The number of aromatic nitrogens is 1. The van der Waals surface area contributed by atoms with Gasteiger partial charge >= 0.3 is 18.9 Å². The number of nitrogens with one attached hydrogen (secondary N) is 1. The van der Waals surface area contributed by atoms with E-state index in [1.165, 1.54) is 6.07 Å². The molecule has 0 radical (unpaired) electrons. The molecule has 0 amide bonds. The summed E-state index contributed by atoms with van der Waals surface area (Å²) >= 11 is 0. The number of hydrogen-bond donors (Lipinski definition) is 1. The monoisotopic (exact) mass is 145 g/mol. The van der Waals surface area contributed by atoms with Crippen molar-refractivity contribution in [1.82, 2.24) is 4.98 Å². The minimum atomic E-state index is -1.30. The summed E-state index contributed by atoms with van der Waals surface area (Å²) < 4.78 is 0. The first-order valence-corrected chi connectivity index (χ1v) is 2.60. The van der Waals surface area contributed by atoms with Gasteiger partial charge in [0.2, 0.25) is 5.56 Å². The van der Waals surface area contributed by atoms with Crippen LogP contribution in [0.15, 0.2) is 23.1 Å². The van der Waals surface area contributed by atoms with Gasteiger partial charge in [0.15, 0.2) is 0 Å². The molecule has 1 aromatic rings. The van der Waals surface area contributed by atoms with Crippen molar-refractivity contribution in [3.8, 4) is 0 Å². The molecule has 0 aromatic carbocycles. The van der Waals surface area contributed by atoms with Crippen molar-refractivity contribution in [3.63, 3.8) is 0 Å². The summed E-state index contributed by atoms with van der Waals surface area (Å²) in [6, 6.07) is 2.32. The van der Waals surface area contributed by atoms with Crippen LogP contribution < -0.4 is 29.5 Å². The Morgan fingerprint density at radius 1 is 1.45 bits per heavy atom. The molecule has 0 fully saturated rings. The largest absolute Gasteiger partial charge is 1.00 e. The van der Waals surface area contributed by atoms with Gasteiger partial charge in [-0.3, -0.25) is 4.79 Å². The number of carboxylic acids is 1. The van der Waals surface area contributed by atoms with E-state index in [2.05, 4.69) is 4.98 Å². The number of H-pyrrole nitrogens is 1. The van der Waals surface area contributed by atoms with Crippen molar-refractivity contribution >= 4 is 5.97 Å². The molecule has 0 aliphatic rings. The second-order valence-electron chi connectivity index (χ2n) is 1.73. The van der Waals surface area contributed by atoms with Gasteiger partial charge in [-0.25, -0.2) is 0 Å². The number of pyridine rings is 1. The number of aromatic amines is 1. The SMILES string of the molecule is O=C([O-])c1ccc(=O)[nH]c1.[Li+]. The molecule has 0 bridgehead atoms. The maximum absolute atomic E-state index is 10.4. The Morgan fingerprint density at radius 3 is 2.45 bits per heavy atom. The fourth-order valence-corrected chi connectivity index (χ4v) is 0.538. The zero-order chi connectivity index (χ0) is 7.56. The average molecular weight is 145 g/mol. The molecule has 4 nitrogen and oxygen atoms in total. The first-order valence-electron chi connectivity index (χ1n) is 2.60. The Kier molecular flexibility index (Phi) is 3.66. The number of rotatable bonds is 1. The van der Waals surface area contributed by atoms with Gasteiger partial charge in [-0.05, 0) is 6.07 Å². The molecule has 0 aliphatic carbocycles. The van der Waals surface area contributed by atoms with Crippen LogP contribution >= 0.6 is 0 Å². The molecule has 0 spiro atoms. The maximum atomic E-state index is 10.4. The zero-order valence-electron chi connectivity index (χ0n) is 5.96. The molecule has 1 heterocycles. The van der Waals surface area contributed by atoms with E-state index in [1.807, 2.05) is 0 Å². The van der Waals surface area contributed by atoms with E-state index < -0.39 is 5.97 Å². The topological polar surface area (TPSA) is 73.0 Å². The summed E-state index contributed by atoms with van der Waals surface area (Å²) in [5.74, 6) is -1.30. The smallest absolute Gasteiger partial charge is 0.545 e. The predicted molar refractivity (Wildman–Crippen MR) is 31.4 cm³/mol. The standard InChI is InChI=1S/C6H5NO3.Li/c8-5-2-1-4(3-7-5)6(9)10;/h1-3H,(H,7,8)(H,9,10);/q;+1/p-1. The van der Waals surface area contributed by atoms with Crippen molar-refractivity contribution in [2.45, 2.75) is 0 Å². The van der Waals surface area contributed by atoms with Crippen molar-refractivity contribution in [2.75, 3.05) is 0 Å². The second kappa shape index (κ2) is 4.01. The van der Waals surface area contributed by atoms with Gasteiger partial charge in [0.1, 0.15) is 0 Å². The molecular formula is C6H4LiNO3. The number of aromatic carboxylic acids is 1. The third-order valence-electron chi connectivity index (χ3n) is 1.02. The minimum absolute atomic E-state index is 0. The van der Waals surface area contributed by atoms with Crippen LogP contribution in [0.2, 0.25) is 0 Å². The van der Waals surface area contributed by atoms with Gasteiger partial charge in [-0.15, -0.1) is 0 Å². The summed E-state index contributed by atoms with van der Waals surface area (Å²) in [6.07, 6.45) is 1.09. The van der Waals surface area contributed by atoms with E-state index in [0.29, 0.717) is 0 Å². The van der Waals surface area contributed by atoms with Crippen LogP contribution in [-0.4, -0.2) is 11.0 Å². The number of carboxylic acid groups (broad SMARTS) is 1. The first kappa shape index (κ1) is 10.0. The van der Waals surface area contributed by atoms with E-state index in [9.17, 15) is 14.7 Å². The Bertz CT molecular complexity index is 286. The van der Waals surface area contributed by atoms with Gasteiger partial charge in [-0.2, -0.15) is 0 Å². The Labute approximate surface area is 74.4 Å². The molecule has 11 heavy (non-hydrogen) atoms. The molecule has 0 unspecified atom stereocenters. The summed E-state index contributed by atoms with van der Waals surface area (Å²) in [6.45, 7) is 0. The molecule has 0 atom stereocenters. The molecule has 1 N–H and O–H groups in total. The molecule has 1 rings (SSSR count). The molecule has 0 saturated carbocycles. The second-order valence-corrected chi connectivity index (χ2v) is 1.73. The van der Waals surface area contributed by atoms with Crippen molar-refractivity contribution in [1.29, 1.82) is 0 Å². The van der Waals surface area contributed by atoms with Gasteiger partial charge in [0, 0.05) is 17.8 Å². The number of hydrogen-bond acceptors (Lipinski definition) is 3. The van der Waals surface area contributed by atoms with Gasteiger partial charge in [0.05, 0.1) is 5.97 Å². The van der Waals surface area contributed by atoms with E-state index in [-0.39, 0.29) is 30.0 Å². The normalized spacial score (nSPS) is 8.36. The Balaban J connectivity index is 0.000001000. The van der Waals surface area contributed by atoms with Gasteiger partial charge in [-0.1, -0.05) is 0 Å². The maximum Gasteiger partial charge on any atom is 1.00 e. The predicted octanol–water partition coefficient (Wildman–Crippen LogP) is -4.26. The third kappa shape index (κ3) is 2.62. The van der Waals surface area contributed by atoms with E-state index in [1.54, 1.807) is 0 Å². The Morgan fingerprint density at radius 2 is 2.09 bits per heavy atom. The van der Waals surface area contributed by atoms with Crippen molar-refractivity contribution in [2.24, 2.45) is 0 Å². The molecular weight excluding hydrogens is 141 g/mol. The molecule has 5 heteroatoms. The molecule has 1 aromatic heterocycles. The third-order valence-corrected chi connectivity index (χ3v) is 1.02. The average Bonchev–Trinajstić information content (AvgIpc) is 1.88. The van der Waals surface area contributed by atoms with Crippen LogP contribution in [0.1, 0.15) is 10.4 Å². The molecule has 0 saturated heterocycles. The van der Waals surface area contributed by atoms with Gasteiger partial charge < -0.3 is 14.9 Å². The van der Waals surface area contributed by atoms with E-state index in [0.717, 1.165) is 12.3 Å². The van der Waals surface area contributed by atoms with E-state index in [4.69, 9.17) is 0 Å². The van der Waals surface area contributed by atoms with Crippen LogP contribution in [-0.2, 0) is 0 Å². The fraction of sp³-hybridized carbons (Fsp3) is 0. The van der Waals surface area contributed by atoms with Crippen LogP contribution in [0.5, 0.6) is 0 Å². The number of carbonyl (C=O) groups is 1. The van der Waals surface area contributed by atoms with E-state index >= 15 is 0 Å². The van der Waals surface area contributed by atoms with Crippen molar-refractivity contribution < 1.29 is 28.8 Å².